The van der Waals surface area contributed by atoms with Gasteiger partial charge in [-0.1, -0.05) is 24.6 Å². The van der Waals surface area contributed by atoms with Crippen molar-refractivity contribution in [3.05, 3.63) is 35.6 Å². The molecule has 3 rings (SSSR count). The molecule has 3 nitrogen and oxygen atoms in total. The Morgan fingerprint density at radius 1 is 1.25 bits per heavy atom. The highest BCUT2D eigenvalue weighted by atomic mass is 19.1. The van der Waals surface area contributed by atoms with Gasteiger partial charge in [-0.2, -0.15) is 0 Å². The maximum absolute atomic E-state index is 13.8. The van der Waals surface area contributed by atoms with Crippen LogP contribution in [0.4, 0.5) is 4.39 Å². The third-order valence-electron chi connectivity index (χ3n) is 4.45. The molecule has 0 bridgehead atoms. The molecule has 2 aliphatic rings. The minimum atomic E-state index is -0.150. The quantitative estimate of drug-likeness (QED) is 0.899. The van der Waals surface area contributed by atoms with E-state index in [0.29, 0.717) is 6.54 Å². The summed E-state index contributed by atoms with van der Waals surface area (Å²) in [7, 11) is 0. The Kier molecular flexibility index (Phi) is 4.01. The highest BCUT2D eigenvalue weighted by molar-refractivity contribution is 5.82. The van der Waals surface area contributed by atoms with E-state index in [2.05, 4.69) is 5.32 Å². The van der Waals surface area contributed by atoms with Gasteiger partial charge in [-0.25, -0.2) is 4.39 Å². The van der Waals surface area contributed by atoms with Crippen LogP contribution in [0.25, 0.3) is 0 Å². The van der Waals surface area contributed by atoms with Crippen LogP contribution in [-0.4, -0.2) is 36.5 Å². The molecule has 2 atom stereocenters. The molecule has 1 N–H and O–H groups in total. The lowest BCUT2D eigenvalue weighted by atomic mass is 9.98. The first kappa shape index (κ1) is 13.6. The van der Waals surface area contributed by atoms with Gasteiger partial charge in [0.15, 0.2) is 0 Å². The van der Waals surface area contributed by atoms with Crippen LogP contribution < -0.4 is 5.32 Å². The fourth-order valence-corrected chi connectivity index (χ4v) is 3.30. The van der Waals surface area contributed by atoms with E-state index in [-0.39, 0.29) is 23.7 Å². The molecule has 2 heterocycles. The Balaban J connectivity index is 1.64. The zero-order chi connectivity index (χ0) is 13.9. The Morgan fingerprint density at radius 3 is 2.85 bits per heavy atom. The van der Waals surface area contributed by atoms with Crippen LogP contribution in [0.3, 0.4) is 0 Å². The van der Waals surface area contributed by atoms with Crippen molar-refractivity contribution in [3.8, 4) is 0 Å². The lowest BCUT2D eigenvalue weighted by Gasteiger charge is -2.27. The van der Waals surface area contributed by atoms with Gasteiger partial charge in [-0.05, 0) is 37.4 Å². The van der Waals surface area contributed by atoms with E-state index < -0.39 is 0 Å². The number of carbonyl (C=O) groups is 1. The van der Waals surface area contributed by atoms with Crippen molar-refractivity contribution < 1.29 is 9.18 Å². The van der Waals surface area contributed by atoms with Crippen molar-refractivity contribution in [1.82, 2.24) is 10.2 Å². The van der Waals surface area contributed by atoms with E-state index in [1.807, 2.05) is 17.0 Å². The second-order valence-corrected chi connectivity index (χ2v) is 5.79. The maximum atomic E-state index is 13.8. The fraction of sp³-hybridized carbons (Fsp3) is 0.562. The number of amides is 1. The molecular weight excluding hydrogens is 255 g/mol. The van der Waals surface area contributed by atoms with Crippen LogP contribution >= 0.6 is 0 Å². The fourth-order valence-electron chi connectivity index (χ4n) is 3.30. The summed E-state index contributed by atoms with van der Waals surface area (Å²) in [6, 6.07) is 6.90. The predicted octanol–water partition coefficient (Wildman–Crippen LogP) is 2.28. The zero-order valence-electron chi connectivity index (χ0n) is 11.6. The molecule has 1 aromatic rings. The van der Waals surface area contributed by atoms with Crippen molar-refractivity contribution >= 4 is 5.91 Å². The van der Waals surface area contributed by atoms with Crippen molar-refractivity contribution in [1.29, 1.82) is 0 Å². The topological polar surface area (TPSA) is 32.3 Å². The van der Waals surface area contributed by atoms with Crippen LogP contribution in [0.5, 0.6) is 0 Å². The molecule has 1 amide bonds. The number of halogens is 1. The van der Waals surface area contributed by atoms with E-state index >= 15 is 0 Å². The second-order valence-electron chi connectivity index (χ2n) is 5.79. The molecule has 0 unspecified atom stereocenters. The van der Waals surface area contributed by atoms with Crippen molar-refractivity contribution in [3.63, 3.8) is 0 Å². The number of benzene rings is 1. The van der Waals surface area contributed by atoms with Crippen LogP contribution in [0, 0.1) is 5.82 Å². The first-order valence-corrected chi connectivity index (χ1v) is 7.52. The van der Waals surface area contributed by atoms with Crippen LogP contribution in [-0.2, 0) is 4.79 Å². The maximum Gasteiger partial charge on any atom is 0.239 e. The zero-order valence-corrected chi connectivity index (χ0v) is 11.6. The average Bonchev–Trinajstić information content (AvgIpc) is 2.97. The van der Waals surface area contributed by atoms with E-state index in [0.717, 1.165) is 44.3 Å². The lowest BCUT2D eigenvalue weighted by Crippen LogP contribution is -2.47. The molecular formula is C16H21FN2O. The summed E-state index contributed by atoms with van der Waals surface area (Å²) >= 11 is 0. The normalized spacial score (nSPS) is 26.8. The monoisotopic (exact) mass is 276 g/mol. The van der Waals surface area contributed by atoms with Crippen molar-refractivity contribution in [2.24, 2.45) is 0 Å². The second kappa shape index (κ2) is 5.92. The lowest BCUT2D eigenvalue weighted by molar-refractivity contribution is -0.133. The Bertz CT molecular complexity index is 485. The molecule has 0 saturated carbocycles. The van der Waals surface area contributed by atoms with Gasteiger partial charge in [-0.3, -0.25) is 4.79 Å². The minimum absolute atomic E-state index is 0.0249. The predicted molar refractivity (Wildman–Crippen MR) is 76.0 cm³/mol. The number of carbonyl (C=O) groups excluding carboxylic acids is 1. The highest BCUT2D eigenvalue weighted by Crippen LogP contribution is 2.29. The number of nitrogens with one attached hydrogen (secondary N) is 1. The summed E-state index contributed by atoms with van der Waals surface area (Å²) in [5.74, 6) is 0.190. The van der Waals surface area contributed by atoms with Crippen molar-refractivity contribution in [2.75, 3.05) is 19.6 Å². The summed E-state index contributed by atoms with van der Waals surface area (Å²) < 4.78 is 13.8. The SMILES string of the molecule is O=C([C@H]1CCCCN1)N1CC[C@@H](c2ccccc2F)C1. The van der Waals surface area contributed by atoms with Crippen LogP contribution in [0.2, 0.25) is 0 Å². The van der Waals surface area contributed by atoms with E-state index in [9.17, 15) is 9.18 Å². The Morgan fingerprint density at radius 2 is 2.10 bits per heavy atom. The number of rotatable bonds is 2. The van der Waals surface area contributed by atoms with E-state index in [1.54, 1.807) is 6.07 Å². The standard InChI is InChI=1S/C16H21FN2O/c17-14-6-2-1-5-13(14)12-8-10-19(11-12)16(20)15-7-3-4-9-18-15/h1-2,5-6,12,15,18H,3-4,7-11H2/t12-,15-/m1/s1. The number of hydrogen-bond donors (Lipinski definition) is 1. The third kappa shape index (κ3) is 2.70. The first-order valence-electron chi connectivity index (χ1n) is 7.52. The smallest absolute Gasteiger partial charge is 0.239 e. The van der Waals surface area contributed by atoms with Crippen molar-refractivity contribution in [2.45, 2.75) is 37.6 Å². The molecule has 2 aliphatic heterocycles. The molecule has 0 aromatic heterocycles. The summed E-state index contributed by atoms with van der Waals surface area (Å²) in [5.41, 5.74) is 0.749. The van der Waals surface area contributed by atoms with Gasteiger partial charge < -0.3 is 10.2 Å². The largest absolute Gasteiger partial charge is 0.341 e. The van der Waals surface area contributed by atoms with E-state index in [4.69, 9.17) is 0 Å². The van der Waals surface area contributed by atoms with Gasteiger partial charge in [0.05, 0.1) is 6.04 Å². The molecule has 108 valence electrons. The molecule has 0 radical (unpaired) electrons. The Hall–Kier alpha value is -1.42. The molecule has 0 spiro atoms. The molecule has 0 aliphatic carbocycles. The van der Waals surface area contributed by atoms with Gasteiger partial charge in [0.1, 0.15) is 5.82 Å². The third-order valence-corrected chi connectivity index (χ3v) is 4.45. The van der Waals surface area contributed by atoms with Gasteiger partial charge in [0.2, 0.25) is 5.91 Å². The molecule has 2 fully saturated rings. The highest BCUT2D eigenvalue weighted by Gasteiger charge is 2.32. The molecule has 1 aromatic carbocycles. The number of likely N-dealkylation sites (tertiary alicyclic amines) is 1. The summed E-state index contributed by atoms with van der Waals surface area (Å²) in [5, 5.41) is 3.30. The molecule has 20 heavy (non-hydrogen) atoms. The van der Waals surface area contributed by atoms with Gasteiger partial charge in [-0.15, -0.1) is 0 Å². The van der Waals surface area contributed by atoms with Gasteiger partial charge in [0.25, 0.3) is 0 Å². The first-order chi connectivity index (χ1) is 9.75. The van der Waals surface area contributed by atoms with Gasteiger partial charge >= 0.3 is 0 Å². The number of piperidine rings is 1. The van der Waals surface area contributed by atoms with E-state index in [1.165, 1.54) is 6.07 Å². The molecule has 4 heteroatoms. The minimum Gasteiger partial charge on any atom is -0.341 e. The average molecular weight is 276 g/mol. The summed E-state index contributed by atoms with van der Waals surface area (Å²) in [6.07, 6.45) is 4.06. The Labute approximate surface area is 119 Å². The summed E-state index contributed by atoms with van der Waals surface area (Å²) in [6.45, 7) is 2.33. The molecule has 2 saturated heterocycles. The van der Waals surface area contributed by atoms with Crippen LogP contribution in [0.1, 0.15) is 37.2 Å². The van der Waals surface area contributed by atoms with Gasteiger partial charge in [0, 0.05) is 19.0 Å². The summed E-state index contributed by atoms with van der Waals surface area (Å²) in [4.78, 5) is 14.3. The number of nitrogens with zero attached hydrogens (tertiary/aromatic N) is 1. The number of hydrogen-bond acceptors (Lipinski definition) is 2. The van der Waals surface area contributed by atoms with Crippen LogP contribution in [0.15, 0.2) is 24.3 Å².